The van der Waals surface area contributed by atoms with E-state index in [0.29, 0.717) is 11.1 Å². The number of hydrogen-bond acceptors (Lipinski definition) is 3. The van der Waals surface area contributed by atoms with Crippen LogP contribution in [0.4, 0.5) is 0 Å². The number of nitrogens with zero attached hydrogens (tertiary/aromatic N) is 1. The average Bonchev–Trinajstić information content (AvgIpc) is 2.85. The standard InChI is InChI=1S/C20H18ClNO3/c1-14(2)19(24)25-13-12-22-18(23)16-10-6-7-11-17(16)20(22,21)15-8-4-3-5-9-15/h3-11H,1,12-13H2,2H3. The maximum absolute atomic E-state index is 12.9. The van der Waals surface area contributed by atoms with Crippen molar-refractivity contribution in [2.24, 2.45) is 0 Å². The maximum Gasteiger partial charge on any atom is 0.333 e. The van der Waals surface area contributed by atoms with Crippen LogP contribution in [-0.4, -0.2) is 29.9 Å². The van der Waals surface area contributed by atoms with Crippen molar-refractivity contribution in [1.82, 2.24) is 4.90 Å². The van der Waals surface area contributed by atoms with E-state index < -0.39 is 11.0 Å². The van der Waals surface area contributed by atoms with Crippen LogP contribution in [0.2, 0.25) is 0 Å². The molecule has 2 aromatic rings. The third-order valence-electron chi connectivity index (χ3n) is 4.18. The second-order valence-electron chi connectivity index (χ2n) is 5.91. The predicted molar refractivity (Wildman–Crippen MR) is 96.3 cm³/mol. The molecule has 25 heavy (non-hydrogen) atoms. The van der Waals surface area contributed by atoms with Gasteiger partial charge in [0.15, 0.2) is 5.00 Å². The van der Waals surface area contributed by atoms with Gasteiger partial charge in [0, 0.05) is 16.7 Å². The van der Waals surface area contributed by atoms with E-state index in [-0.39, 0.29) is 19.1 Å². The van der Waals surface area contributed by atoms with Crippen LogP contribution in [0, 0.1) is 0 Å². The lowest BCUT2D eigenvalue weighted by molar-refractivity contribution is -0.139. The lowest BCUT2D eigenvalue weighted by Gasteiger charge is -2.34. The molecular formula is C20H18ClNO3. The van der Waals surface area contributed by atoms with Crippen molar-refractivity contribution >= 4 is 23.5 Å². The first-order valence-corrected chi connectivity index (χ1v) is 8.32. The Bertz CT molecular complexity index is 834. The topological polar surface area (TPSA) is 46.6 Å². The minimum Gasteiger partial charge on any atom is -0.460 e. The SMILES string of the molecule is C=C(C)C(=O)OCCN1C(=O)c2ccccc2C1(Cl)c1ccccc1. The maximum atomic E-state index is 12.9. The molecule has 0 N–H and O–H groups in total. The summed E-state index contributed by atoms with van der Waals surface area (Å²) in [5, 5.41) is 0. The van der Waals surface area contributed by atoms with Crippen molar-refractivity contribution in [3.8, 4) is 0 Å². The Morgan fingerprint density at radius 3 is 2.48 bits per heavy atom. The Hall–Kier alpha value is -2.59. The van der Waals surface area contributed by atoms with E-state index in [2.05, 4.69) is 6.58 Å². The minimum absolute atomic E-state index is 0.0483. The van der Waals surface area contributed by atoms with Gasteiger partial charge in [-0.2, -0.15) is 0 Å². The fourth-order valence-corrected chi connectivity index (χ4v) is 3.42. The van der Waals surface area contributed by atoms with Crippen LogP contribution in [0.25, 0.3) is 0 Å². The summed E-state index contributed by atoms with van der Waals surface area (Å²) in [7, 11) is 0. The number of hydrogen-bond donors (Lipinski definition) is 0. The Morgan fingerprint density at radius 2 is 1.80 bits per heavy atom. The average molecular weight is 356 g/mol. The van der Waals surface area contributed by atoms with Crippen molar-refractivity contribution in [3.63, 3.8) is 0 Å². The van der Waals surface area contributed by atoms with E-state index in [1.54, 1.807) is 17.9 Å². The van der Waals surface area contributed by atoms with Gasteiger partial charge in [0.25, 0.3) is 5.91 Å². The number of rotatable bonds is 5. The Balaban J connectivity index is 1.95. The van der Waals surface area contributed by atoms with Gasteiger partial charge in [-0.25, -0.2) is 4.79 Å². The Labute approximate surface area is 151 Å². The van der Waals surface area contributed by atoms with Crippen LogP contribution >= 0.6 is 11.6 Å². The van der Waals surface area contributed by atoms with Crippen molar-refractivity contribution in [2.75, 3.05) is 13.2 Å². The number of carbonyl (C=O) groups excluding carboxylic acids is 2. The van der Waals surface area contributed by atoms with Crippen molar-refractivity contribution in [3.05, 3.63) is 83.4 Å². The van der Waals surface area contributed by atoms with E-state index in [1.165, 1.54) is 0 Å². The number of esters is 1. The number of ether oxygens (including phenoxy) is 1. The molecule has 0 fully saturated rings. The zero-order valence-corrected chi connectivity index (χ0v) is 14.6. The van der Waals surface area contributed by atoms with Crippen LogP contribution < -0.4 is 0 Å². The summed E-state index contributed by atoms with van der Waals surface area (Å²) >= 11 is 7.01. The largest absolute Gasteiger partial charge is 0.460 e. The summed E-state index contributed by atoms with van der Waals surface area (Å²) in [6.45, 7) is 5.36. The summed E-state index contributed by atoms with van der Waals surface area (Å²) < 4.78 is 5.15. The van der Waals surface area contributed by atoms with Gasteiger partial charge in [-0.1, -0.05) is 66.7 Å². The van der Waals surface area contributed by atoms with E-state index in [4.69, 9.17) is 16.3 Å². The number of halogens is 1. The van der Waals surface area contributed by atoms with Crippen molar-refractivity contribution < 1.29 is 14.3 Å². The molecule has 128 valence electrons. The third kappa shape index (κ3) is 2.94. The lowest BCUT2D eigenvalue weighted by Crippen LogP contribution is -2.42. The molecule has 1 heterocycles. The molecule has 0 radical (unpaired) electrons. The first kappa shape index (κ1) is 17.2. The van der Waals surface area contributed by atoms with Gasteiger partial charge in [0.2, 0.25) is 0 Å². The van der Waals surface area contributed by atoms with Crippen LogP contribution in [0.3, 0.4) is 0 Å². The second kappa shape index (κ2) is 6.73. The van der Waals surface area contributed by atoms with Crippen molar-refractivity contribution in [2.45, 2.75) is 11.9 Å². The highest BCUT2D eigenvalue weighted by Crippen LogP contribution is 2.47. The molecular weight excluding hydrogens is 338 g/mol. The molecule has 3 rings (SSSR count). The van der Waals surface area contributed by atoms with Crippen LogP contribution in [-0.2, 0) is 14.5 Å². The van der Waals surface area contributed by atoms with Gasteiger partial charge < -0.3 is 9.64 Å². The van der Waals surface area contributed by atoms with Gasteiger partial charge in [-0.15, -0.1) is 0 Å². The Morgan fingerprint density at radius 1 is 1.16 bits per heavy atom. The van der Waals surface area contributed by atoms with Gasteiger partial charge in [-0.05, 0) is 18.6 Å². The molecule has 0 saturated carbocycles. The van der Waals surface area contributed by atoms with E-state index in [1.807, 2.05) is 48.5 Å². The highest BCUT2D eigenvalue weighted by atomic mass is 35.5. The fraction of sp³-hybridized carbons (Fsp3) is 0.200. The van der Waals surface area contributed by atoms with E-state index in [0.717, 1.165) is 11.1 Å². The molecule has 1 unspecified atom stereocenters. The summed E-state index contributed by atoms with van der Waals surface area (Å²) in [6, 6.07) is 16.7. The molecule has 1 amide bonds. The predicted octanol–water partition coefficient (Wildman–Crippen LogP) is 3.70. The molecule has 1 atom stereocenters. The molecule has 1 aliphatic heterocycles. The fourth-order valence-electron chi connectivity index (χ4n) is 2.97. The zero-order chi connectivity index (χ0) is 18.0. The highest BCUT2D eigenvalue weighted by molar-refractivity contribution is 6.29. The highest BCUT2D eigenvalue weighted by Gasteiger charge is 2.49. The minimum atomic E-state index is -1.12. The molecule has 5 heteroatoms. The van der Waals surface area contributed by atoms with Crippen molar-refractivity contribution in [1.29, 1.82) is 0 Å². The number of alkyl halides is 1. The molecule has 0 aliphatic carbocycles. The number of amides is 1. The van der Waals surface area contributed by atoms with Gasteiger partial charge in [0.1, 0.15) is 6.61 Å². The second-order valence-corrected chi connectivity index (χ2v) is 6.45. The molecule has 1 aliphatic rings. The normalized spacial score (nSPS) is 18.8. The summed E-state index contributed by atoms with van der Waals surface area (Å²) in [4.78, 5) is 24.9. The smallest absolute Gasteiger partial charge is 0.333 e. The van der Waals surface area contributed by atoms with Crippen LogP contribution in [0.5, 0.6) is 0 Å². The monoisotopic (exact) mass is 355 g/mol. The zero-order valence-electron chi connectivity index (χ0n) is 13.9. The summed E-state index contributed by atoms with van der Waals surface area (Å²) in [5.41, 5.74) is 2.41. The first-order chi connectivity index (χ1) is 12.0. The third-order valence-corrected chi connectivity index (χ3v) is 4.81. The summed E-state index contributed by atoms with van der Waals surface area (Å²) in [5.74, 6) is -0.662. The van der Waals surface area contributed by atoms with Gasteiger partial charge in [0.05, 0.1) is 6.54 Å². The summed E-state index contributed by atoms with van der Waals surface area (Å²) in [6.07, 6.45) is 0. The quantitative estimate of drug-likeness (QED) is 0.355. The number of benzene rings is 2. The first-order valence-electron chi connectivity index (χ1n) is 7.95. The molecule has 0 spiro atoms. The van der Waals surface area contributed by atoms with Gasteiger partial charge in [-0.3, -0.25) is 4.79 Å². The number of carbonyl (C=O) groups is 2. The van der Waals surface area contributed by atoms with E-state index in [9.17, 15) is 9.59 Å². The molecule has 0 aromatic heterocycles. The van der Waals surface area contributed by atoms with E-state index >= 15 is 0 Å². The molecule has 0 saturated heterocycles. The van der Waals surface area contributed by atoms with Crippen LogP contribution in [0.15, 0.2) is 66.7 Å². The molecule has 4 nitrogen and oxygen atoms in total. The van der Waals surface area contributed by atoms with Crippen LogP contribution in [0.1, 0.15) is 28.4 Å². The molecule has 2 aromatic carbocycles. The lowest BCUT2D eigenvalue weighted by atomic mass is 9.97. The Kier molecular flexibility index (Phi) is 4.64. The number of fused-ring (bicyclic) bond motifs is 1. The van der Waals surface area contributed by atoms with Gasteiger partial charge >= 0.3 is 5.97 Å². The molecule has 0 bridgehead atoms.